The lowest BCUT2D eigenvalue weighted by Crippen LogP contribution is -2.42. The summed E-state index contributed by atoms with van der Waals surface area (Å²) in [6.07, 6.45) is 3.69. The van der Waals surface area contributed by atoms with E-state index in [1.807, 2.05) is 31.2 Å². The molecule has 6 heteroatoms. The largest absolute Gasteiger partial charge is 0.393 e. The van der Waals surface area contributed by atoms with E-state index in [0.29, 0.717) is 31.0 Å². The van der Waals surface area contributed by atoms with Crippen molar-refractivity contribution in [2.24, 2.45) is 11.8 Å². The minimum absolute atomic E-state index is 0.133. The second-order valence-electron chi connectivity index (χ2n) is 7.53. The molecule has 0 saturated heterocycles. The molecule has 1 atom stereocenters. The van der Waals surface area contributed by atoms with Gasteiger partial charge in [-0.2, -0.15) is 5.10 Å². The van der Waals surface area contributed by atoms with Gasteiger partial charge in [0.25, 0.3) is 5.91 Å². The van der Waals surface area contributed by atoms with Crippen LogP contribution in [0.25, 0.3) is 0 Å². The molecule has 2 aromatic heterocycles. The molecule has 0 radical (unpaired) electrons. The second-order valence-corrected chi connectivity index (χ2v) is 7.53. The van der Waals surface area contributed by atoms with Crippen LogP contribution >= 0.6 is 0 Å². The van der Waals surface area contributed by atoms with Crippen LogP contribution in [0.4, 0.5) is 0 Å². The van der Waals surface area contributed by atoms with Gasteiger partial charge in [-0.1, -0.05) is 19.9 Å². The zero-order chi connectivity index (χ0) is 18.7. The number of rotatable bonds is 7. The fourth-order valence-corrected chi connectivity index (χ4v) is 3.52. The number of carbonyl (C=O) groups excluding carboxylic acids is 1. The number of aromatic nitrogens is 3. The molecule has 2 N–H and O–H groups in total. The Labute approximate surface area is 154 Å². The van der Waals surface area contributed by atoms with Crippen LogP contribution in [0, 0.1) is 11.8 Å². The molecule has 140 valence electrons. The molecule has 0 aromatic carbocycles. The van der Waals surface area contributed by atoms with Crippen molar-refractivity contribution in [3.63, 3.8) is 0 Å². The number of hydrogen-bond donors (Lipinski definition) is 2. The Morgan fingerprint density at radius 1 is 1.38 bits per heavy atom. The van der Waals surface area contributed by atoms with Crippen LogP contribution in [0.1, 0.15) is 61.5 Å². The van der Waals surface area contributed by atoms with Crippen molar-refractivity contribution in [2.75, 3.05) is 0 Å². The summed E-state index contributed by atoms with van der Waals surface area (Å²) in [7, 11) is 0. The minimum Gasteiger partial charge on any atom is -0.393 e. The van der Waals surface area contributed by atoms with E-state index in [-0.39, 0.29) is 24.0 Å². The van der Waals surface area contributed by atoms with E-state index in [1.165, 1.54) is 0 Å². The number of nitrogens with zero attached hydrogens (tertiary/aromatic N) is 3. The Balaban J connectivity index is 1.80. The van der Waals surface area contributed by atoms with Crippen molar-refractivity contribution in [3.05, 3.63) is 47.5 Å². The molecule has 0 spiro atoms. The lowest BCUT2D eigenvalue weighted by atomic mass is 9.76. The molecule has 1 aliphatic rings. The van der Waals surface area contributed by atoms with Crippen LogP contribution in [0.2, 0.25) is 0 Å². The van der Waals surface area contributed by atoms with Crippen LogP contribution < -0.4 is 5.32 Å². The van der Waals surface area contributed by atoms with Crippen LogP contribution in [-0.4, -0.2) is 31.9 Å². The number of aryl methyl sites for hydroxylation is 1. The van der Waals surface area contributed by atoms with Crippen molar-refractivity contribution in [2.45, 2.75) is 58.7 Å². The van der Waals surface area contributed by atoms with E-state index < -0.39 is 0 Å². The number of aliphatic hydroxyl groups excluding tert-OH is 1. The molecule has 0 bridgehead atoms. The third-order valence-electron chi connectivity index (χ3n) is 4.89. The van der Waals surface area contributed by atoms with Gasteiger partial charge in [-0.05, 0) is 56.2 Å². The summed E-state index contributed by atoms with van der Waals surface area (Å²) in [5.74, 6) is 0.562. The van der Waals surface area contributed by atoms with E-state index in [9.17, 15) is 9.90 Å². The summed E-state index contributed by atoms with van der Waals surface area (Å²) in [5, 5.41) is 17.4. The van der Waals surface area contributed by atoms with Gasteiger partial charge in [0.05, 0.1) is 23.5 Å². The highest BCUT2D eigenvalue weighted by atomic mass is 16.3. The zero-order valence-electron chi connectivity index (χ0n) is 15.7. The molecule has 26 heavy (non-hydrogen) atoms. The van der Waals surface area contributed by atoms with E-state index in [0.717, 1.165) is 17.8 Å². The molecule has 3 rings (SSSR count). The third kappa shape index (κ3) is 4.12. The normalized spacial score (nSPS) is 20.7. The Morgan fingerprint density at radius 3 is 2.73 bits per heavy atom. The van der Waals surface area contributed by atoms with E-state index in [1.54, 1.807) is 10.9 Å². The predicted octanol–water partition coefficient (Wildman–Crippen LogP) is 2.74. The first-order valence-corrected chi connectivity index (χ1v) is 9.44. The quantitative estimate of drug-likeness (QED) is 0.799. The van der Waals surface area contributed by atoms with Crippen molar-refractivity contribution in [3.8, 4) is 0 Å². The summed E-state index contributed by atoms with van der Waals surface area (Å²) in [4.78, 5) is 17.4. The predicted molar refractivity (Wildman–Crippen MR) is 99.6 cm³/mol. The maximum absolute atomic E-state index is 13.0. The highest BCUT2D eigenvalue weighted by Gasteiger charge is 2.36. The van der Waals surface area contributed by atoms with E-state index >= 15 is 0 Å². The van der Waals surface area contributed by atoms with Crippen molar-refractivity contribution >= 4 is 5.91 Å². The van der Waals surface area contributed by atoms with Crippen molar-refractivity contribution in [1.82, 2.24) is 20.1 Å². The molecule has 2 heterocycles. The number of carbonyl (C=O) groups is 1. The Bertz CT molecular complexity index is 736. The smallest absolute Gasteiger partial charge is 0.270 e. The van der Waals surface area contributed by atoms with Gasteiger partial charge in [-0.15, -0.1) is 0 Å². The Morgan fingerprint density at radius 2 is 2.15 bits per heavy atom. The lowest BCUT2D eigenvalue weighted by molar-refractivity contribution is 0.0227. The summed E-state index contributed by atoms with van der Waals surface area (Å²) in [6.45, 7) is 6.92. The van der Waals surface area contributed by atoms with Gasteiger partial charge in [0.1, 0.15) is 5.69 Å². The van der Waals surface area contributed by atoms with E-state index in [2.05, 4.69) is 29.2 Å². The van der Waals surface area contributed by atoms with Gasteiger partial charge >= 0.3 is 0 Å². The highest BCUT2D eigenvalue weighted by molar-refractivity contribution is 5.93. The van der Waals surface area contributed by atoms with Crippen molar-refractivity contribution < 1.29 is 9.90 Å². The average molecular weight is 356 g/mol. The standard InChI is InChI=1S/C20H28N4O2/c1-4-24-18(12-15(23-24)9-13(2)3)20(26)22-19(14-10-16(25)11-14)17-7-5-6-8-21-17/h5-8,12-14,16,19,25H,4,9-11H2,1-3H3,(H,22,26)/t14?,16?,19-/m0/s1. The lowest BCUT2D eigenvalue weighted by Gasteiger charge is -2.37. The zero-order valence-corrected chi connectivity index (χ0v) is 15.7. The second kappa shape index (κ2) is 7.99. The Kier molecular flexibility index (Phi) is 5.71. The topological polar surface area (TPSA) is 80.0 Å². The SMILES string of the molecule is CCn1nc(CC(C)C)cc1C(=O)N[C@H](c1ccccn1)C1CC(O)C1. The highest BCUT2D eigenvalue weighted by Crippen LogP contribution is 2.37. The summed E-state index contributed by atoms with van der Waals surface area (Å²) >= 11 is 0. The van der Waals surface area contributed by atoms with Gasteiger partial charge in [0.15, 0.2) is 0 Å². The van der Waals surface area contributed by atoms with Gasteiger partial charge < -0.3 is 10.4 Å². The third-order valence-corrected chi connectivity index (χ3v) is 4.89. The number of nitrogens with one attached hydrogen (secondary N) is 1. The molecule has 1 aliphatic carbocycles. The number of aliphatic hydroxyl groups is 1. The fourth-order valence-electron chi connectivity index (χ4n) is 3.52. The molecule has 1 saturated carbocycles. The first kappa shape index (κ1) is 18.6. The average Bonchev–Trinajstić information content (AvgIpc) is 3.00. The van der Waals surface area contributed by atoms with Gasteiger partial charge in [0, 0.05) is 12.7 Å². The fraction of sp³-hybridized carbons (Fsp3) is 0.550. The Hall–Kier alpha value is -2.21. The summed E-state index contributed by atoms with van der Waals surface area (Å²) < 4.78 is 1.76. The number of amides is 1. The molecular formula is C20H28N4O2. The van der Waals surface area contributed by atoms with Crippen LogP contribution in [0.5, 0.6) is 0 Å². The van der Waals surface area contributed by atoms with Gasteiger partial charge in [-0.3, -0.25) is 14.5 Å². The molecule has 1 fully saturated rings. The molecule has 0 aliphatic heterocycles. The maximum atomic E-state index is 13.0. The molecule has 0 unspecified atom stereocenters. The number of hydrogen-bond acceptors (Lipinski definition) is 4. The van der Waals surface area contributed by atoms with Crippen LogP contribution in [0.3, 0.4) is 0 Å². The van der Waals surface area contributed by atoms with Crippen molar-refractivity contribution in [1.29, 1.82) is 0 Å². The molecule has 2 aromatic rings. The summed E-state index contributed by atoms with van der Waals surface area (Å²) in [5.41, 5.74) is 2.37. The van der Waals surface area contributed by atoms with Crippen LogP contribution in [-0.2, 0) is 13.0 Å². The first-order chi connectivity index (χ1) is 12.5. The minimum atomic E-state index is -0.276. The summed E-state index contributed by atoms with van der Waals surface area (Å²) in [6, 6.07) is 7.41. The first-order valence-electron chi connectivity index (χ1n) is 9.44. The van der Waals surface area contributed by atoms with Gasteiger partial charge in [0.2, 0.25) is 0 Å². The molecule has 6 nitrogen and oxygen atoms in total. The van der Waals surface area contributed by atoms with E-state index in [4.69, 9.17) is 0 Å². The van der Waals surface area contributed by atoms with Gasteiger partial charge in [-0.25, -0.2) is 0 Å². The number of pyridine rings is 1. The van der Waals surface area contributed by atoms with Crippen LogP contribution in [0.15, 0.2) is 30.5 Å². The monoisotopic (exact) mass is 356 g/mol. The molecule has 1 amide bonds. The maximum Gasteiger partial charge on any atom is 0.270 e. The molecular weight excluding hydrogens is 328 g/mol.